The van der Waals surface area contributed by atoms with Gasteiger partial charge in [0.1, 0.15) is 11.7 Å². The zero-order valence-electron chi connectivity index (χ0n) is 18.1. The zero-order valence-corrected chi connectivity index (χ0v) is 22.0. The number of halogens is 11. The lowest BCUT2D eigenvalue weighted by Crippen LogP contribution is -2.42. The van der Waals surface area contributed by atoms with Gasteiger partial charge in [-0.1, -0.05) is 40.9 Å². The fraction of sp³-hybridized carbons (Fsp3) is 0.318. The molecule has 2 aromatic rings. The lowest BCUT2D eigenvalue weighted by molar-refractivity contribution is -0.139. The average Bonchev–Trinajstić information content (AvgIpc) is 2.73. The Morgan fingerprint density at radius 2 is 1.64 bits per heavy atom. The maximum atomic E-state index is 14.9. The molecule has 0 saturated heterocycles. The molecule has 2 rings (SSSR count). The van der Waals surface area contributed by atoms with Crippen LogP contribution in [0.4, 0.5) is 30.7 Å². The number of carbonyl (C=O) groups excluding carboxylic acids is 1. The van der Waals surface area contributed by atoms with Crippen LogP contribution in [0.15, 0.2) is 40.9 Å². The first kappa shape index (κ1) is 30.7. The molecule has 0 aliphatic rings. The molecule has 0 saturated carbocycles. The summed E-state index contributed by atoms with van der Waals surface area (Å²) in [6, 6.07) is 4.54. The maximum absolute atomic E-state index is 14.9. The van der Waals surface area contributed by atoms with Crippen molar-refractivity contribution in [1.29, 1.82) is 0 Å². The van der Waals surface area contributed by atoms with Crippen molar-refractivity contribution in [2.75, 3.05) is 13.1 Å². The van der Waals surface area contributed by atoms with Gasteiger partial charge in [-0.05, 0) is 58.8 Å². The van der Waals surface area contributed by atoms with Crippen LogP contribution in [0.1, 0.15) is 34.3 Å². The van der Waals surface area contributed by atoms with Gasteiger partial charge in [-0.2, -0.15) is 26.3 Å². The Morgan fingerprint density at radius 3 is 2.14 bits per heavy atom. The minimum absolute atomic E-state index is 0.00198. The van der Waals surface area contributed by atoms with Crippen LogP contribution in [-0.4, -0.2) is 37.4 Å². The minimum atomic E-state index is -4.90. The van der Waals surface area contributed by atoms with E-state index in [9.17, 15) is 35.5 Å². The van der Waals surface area contributed by atoms with Gasteiger partial charge in [0, 0.05) is 22.6 Å². The van der Waals surface area contributed by atoms with Crippen molar-refractivity contribution >= 4 is 62.5 Å². The molecule has 14 heteroatoms. The number of alkyl halides is 6. The molecule has 0 bridgehead atoms. The normalized spacial score (nSPS) is 14.5. The van der Waals surface area contributed by atoms with E-state index in [4.69, 9.17) is 34.8 Å². The highest BCUT2D eigenvalue weighted by Crippen LogP contribution is 2.42. The van der Waals surface area contributed by atoms with Gasteiger partial charge in [0.15, 0.2) is 0 Å². The third kappa shape index (κ3) is 8.79. The summed E-state index contributed by atoms with van der Waals surface area (Å²) in [5.74, 6) is -4.33. The van der Waals surface area contributed by atoms with Crippen molar-refractivity contribution in [3.05, 3.63) is 72.6 Å². The summed E-state index contributed by atoms with van der Waals surface area (Å²) < 4.78 is 92.7. The third-order valence-electron chi connectivity index (χ3n) is 4.67. The molecular weight excluding hydrogens is 628 g/mol. The molecule has 1 unspecified atom stereocenters. The lowest BCUT2D eigenvalue weighted by Gasteiger charge is -2.19. The van der Waals surface area contributed by atoms with Crippen molar-refractivity contribution < 1.29 is 35.5 Å². The van der Waals surface area contributed by atoms with Crippen molar-refractivity contribution in [3.8, 4) is 0 Å². The van der Waals surface area contributed by atoms with Crippen LogP contribution in [0.25, 0.3) is 5.83 Å². The first-order valence-corrected chi connectivity index (χ1v) is 11.9. The second-order valence-electron chi connectivity index (χ2n) is 7.65. The summed E-state index contributed by atoms with van der Waals surface area (Å²) in [6.45, 7) is 0.0684. The Kier molecular flexibility index (Phi) is 10.5. The van der Waals surface area contributed by atoms with E-state index in [1.165, 1.54) is 6.92 Å². The summed E-state index contributed by atoms with van der Waals surface area (Å²) in [4.78, 5) is 12.4. The fourth-order valence-corrected chi connectivity index (χ4v) is 4.18. The average molecular weight is 645 g/mol. The number of hydrogen-bond donors (Lipinski definition) is 2. The van der Waals surface area contributed by atoms with Gasteiger partial charge in [-0.15, -0.1) is 0 Å². The zero-order chi connectivity index (χ0) is 27.4. The summed E-state index contributed by atoms with van der Waals surface area (Å²) >= 11 is 20.5. The molecule has 36 heavy (non-hydrogen) atoms. The molecule has 0 aliphatic heterocycles. The molecule has 0 radical (unpaired) electrons. The van der Waals surface area contributed by atoms with E-state index in [-0.39, 0.29) is 37.2 Å². The highest BCUT2D eigenvalue weighted by Gasteiger charge is 2.40. The number of rotatable bonds is 8. The molecular formula is C22H17BrCl3F7N2O. The Labute approximate surface area is 225 Å². The van der Waals surface area contributed by atoms with Crippen LogP contribution >= 0.6 is 50.7 Å². The highest BCUT2D eigenvalue weighted by atomic mass is 79.9. The number of hydrogen-bond acceptors (Lipinski definition) is 2. The standard InChI is InChI=1S/C22H17BrCl3F7N2O/c1-10(8-34-9-21(28,29)30)35-20(36)13-3-2-11(4-15(13)23)18(27)7-14(22(31,32)33)12-5-16(24)19(26)17(25)6-12/h2-7,10,14,34H,8-9H2,1H3,(H,35,36)/b18-7-/t10-,14?/m1/s1. The van der Waals surface area contributed by atoms with Crippen molar-refractivity contribution in [1.82, 2.24) is 10.6 Å². The third-order valence-corrected chi connectivity index (χ3v) is 6.53. The molecule has 2 aromatic carbocycles. The Hall–Kier alpha value is -1.53. The number of amides is 1. The first-order chi connectivity index (χ1) is 16.5. The topological polar surface area (TPSA) is 41.1 Å². The van der Waals surface area contributed by atoms with Crippen LogP contribution in [0.3, 0.4) is 0 Å². The van der Waals surface area contributed by atoms with E-state index in [2.05, 4.69) is 26.6 Å². The highest BCUT2D eigenvalue weighted by molar-refractivity contribution is 9.10. The molecule has 0 spiro atoms. The molecule has 2 atom stereocenters. The van der Waals surface area contributed by atoms with Crippen molar-refractivity contribution in [2.45, 2.75) is 31.2 Å². The van der Waals surface area contributed by atoms with Gasteiger partial charge < -0.3 is 10.6 Å². The van der Waals surface area contributed by atoms with E-state index < -0.39 is 48.2 Å². The Balaban J connectivity index is 2.24. The summed E-state index contributed by atoms with van der Waals surface area (Å²) in [5.41, 5.74) is -0.697. The number of benzene rings is 2. The van der Waals surface area contributed by atoms with E-state index in [1.807, 2.05) is 0 Å². The van der Waals surface area contributed by atoms with Gasteiger partial charge in [-0.3, -0.25) is 4.79 Å². The SMILES string of the molecule is C[C@H](CNCC(F)(F)F)NC(=O)c1ccc(/C(F)=C/C(c2cc(Cl)c(Cl)c(Cl)c2)C(F)(F)F)cc1Br. The van der Waals surface area contributed by atoms with Crippen LogP contribution < -0.4 is 10.6 Å². The summed E-state index contributed by atoms with van der Waals surface area (Å²) in [7, 11) is 0. The molecule has 0 aromatic heterocycles. The number of nitrogens with one attached hydrogen (secondary N) is 2. The van der Waals surface area contributed by atoms with Crippen LogP contribution in [-0.2, 0) is 0 Å². The Morgan fingerprint density at radius 1 is 1.06 bits per heavy atom. The molecule has 1 amide bonds. The van der Waals surface area contributed by atoms with Crippen LogP contribution in [0.2, 0.25) is 15.1 Å². The minimum Gasteiger partial charge on any atom is -0.348 e. The largest absolute Gasteiger partial charge is 0.401 e. The lowest BCUT2D eigenvalue weighted by atomic mass is 9.96. The van der Waals surface area contributed by atoms with E-state index >= 15 is 0 Å². The summed E-state index contributed by atoms with van der Waals surface area (Å²) in [5, 5.41) is 4.01. The van der Waals surface area contributed by atoms with Gasteiger partial charge in [-0.25, -0.2) is 4.39 Å². The number of allylic oxidation sites excluding steroid dienone is 1. The van der Waals surface area contributed by atoms with E-state index in [0.717, 1.165) is 30.3 Å². The first-order valence-electron chi connectivity index (χ1n) is 9.96. The molecule has 2 N–H and O–H groups in total. The second kappa shape index (κ2) is 12.3. The molecule has 198 valence electrons. The monoisotopic (exact) mass is 642 g/mol. The van der Waals surface area contributed by atoms with Gasteiger partial charge in [0.2, 0.25) is 0 Å². The van der Waals surface area contributed by atoms with Gasteiger partial charge >= 0.3 is 12.4 Å². The van der Waals surface area contributed by atoms with Gasteiger partial charge in [0.25, 0.3) is 5.91 Å². The quantitative estimate of drug-likeness (QED) is 0.224. The molecule has 3 nitrogen and oxygen atoms in total. The van der Waals surface area contributed by atoms with E-state index in [1.54, 1.807) is 0 Å². The van der Waals surface area contributed by atoms with Crippen molar-refractivity contribution in [3.63, 3.8) is 0 Å². The maximum Gasteiger partial charge on any atom is 0.401 e. The Bertz CT molecular complexity index is 1120. The predicted octanol–water partition coefficient (Wildman–Crippen LogP) is 8.34. The fourth-order valence-electron chi connectivity index (χ4n) is 3.01. The molecule has 0 heterocycles. The van der Waals surface area contributed by atoms with Crippen LogP contribution in [0.5, 0.6) is 0 Å². The smallest absolute Gasteiger partial charge is 0.348 e. The molecule has 0 aliphatic carbocycles. The summed E-state index contributed by atoms with van der Waals surface area (Å²) in [6.07, 6.45) is -8.96. The van der Waals surface area contributed by atoms with Crippen molar-refractivity contribution in [2.24, 2.45) is 0 Å². The predicted molar refractivity (Wildman–Crippen MR) is 129 cm³/mol. The van der Waals surface area contributed by atoms with Gasteiger partial charge in [0.05, 0.1) is 27.2 Å². The number of carbonyl (C=O) groups is 1. The molecule has 0 fully saturated rings. The van der Waals surface area contributed by atoms with Crippen LogP contribution in [0, 0.1) is 0 Å². The van der Waals surface area contributed by atoms with E-state index in [0.29, 0.717) is 6.08 Å². The second-order valence-corrected chi connectivity index (χ2v) is 9.69.